The lowest BCUT2D eigenvalue weighted by molar-refractivity contribution is 0.0263. The number of hydrogen-bond acceptors (Lipinski definition) is 3. The number of likely N-dealkylation sites (N-methyl/N-ethyl adjacent to an activating group) is 1. The van der Waals surface area contributed by atoms with Gasteiger partial charge in [0.2, 0.25) is 0 Å². The lowest BCUT2D eigenvalue weighted by atomic mass is 9.66. The summed E-state index contributed by atoms with van der Waals surface area (Å²) in [6.07, 6.45) is 14.2. The Balaban J connectivity index is 1.53. The number of nitrogens with zero attached hydrogens (tertiary/aromatic N) is 2. The molecule has 3 aliphatic rings. The van der Waals surface area contributed by atoms with Gasteiger partial charge >= 0.3 is 0 Å². The van der Waals surface area contributed by atoms with Crippen molar-refractivity contribution in [3.8, 4) is 0 Å². The summed E-state index contributed by atoms with van der Waals surface area (Å²) < 4.78 is 0. The largest absolute Gasteiger partial charge is 0.329 e. The summed E-state index contributed by atoms with van der Waals surface area (Å²) in [5.41, 5.74) is 7.27. The average Bonchev–Trinajstić information content (AvgIpc) is 3.18. The van der Waals surface area contributed by atoms with Crippen molar-refractivity contribution in [3.63, 3.8) is 0 Å². The van der Waals surface area contributed by atoms with Crippen molar-refractivity contribution in [2.24, 2.45) is 11.1 Å². The summed E-state index contributed by atoms with van der Waals surface area (Å²) in [6.45, 7) is 5.91. The van der Waals surface area contributed by atoms with Gasteiger partial charge in [0.1, 0.15) is 0 Å². The summed E-state index contributed by atoms with van der Waals surface area (Å²) in [5, 5.41) is 0. The second-order valence-electron chi connectivity index (χ2n) is 8.11. The number of nitrogens with two attached hydrogens (primary N) is 1. The van der Waals surface area contributed by atoms with Crippen LogP contribution in [0.25, 0.3) is 0 Å². The molecule has 1 aliphatic heterocycles. The summed E-state index contributed by atoms with van der Waals surface area (Å²) >= 11 is 0. The minimum atomic E-state index is 0.299. The topological polar surface area (TPSA) is 32.5 Å². The standard InChI is InChI=1S/C18H35N3/c1-20(14-15-21-12-4-5-13-21)18(16-19)10-8-17(9-11-18)6-2-3-7-17/h2-16,19H2,1H3. The van der Waals surface area contributed by atoms with Gasteiger partial charge in [0.05, 0.1) is 0 Å². The second kappa shape index (κ2) is 6.55. The van der Waals surface area contributed by atoms with E-state index in [1.807, 2.05) is 0 Å². The van der Waals surface area contributed by atoms with Crippen molar-refractivity contribution >= 4 is 0 Å². The van der Waals surface area contributed by atoms with Gasteiger partial charge in [-0.25, -0.2) is 0 Å². The minimum absolute atomic E-state index is 0.299. The molecule has 1 heterocycles. The highest BCUT2D eigenvalue weighted by atomic mass is 15.2. The molecule has 0 amide bonds. The molecule has 0 aromatic rings. The maximum atomic E-state index is 6.25. The van der Waals surface area contributed by atoms with Crippen LogP contribution in [-0.4, -0.2) is 55.1 Å². The van der Waals surface area contributed by atoms with E-state index in [0.29, 0.717) is 11.0 Å². The van der Waals surface area contributed by atoms with Crippen molar-refractivity contribution < 1.29 is 0 Å². The molecule has 2 saturated carbocycles. The fourth-order valence-electron chi connectivity index (χ4n) is 5.15. The Hall–Kier alpha value is -0.120. The molecule has 0 bridgehead atoms. The van der Waals surface area contributed by atoms with Crippen molar-refractivity contribution in [3.05, 3.63) is 0 Å². The van der Waals surface area contributed by atoms with Crippen LogP contribution in [0.3, 0.4) is 0 Å². The lowest BCUT2D eigenvalue weighted by Gasteiger charge is -2.49. The molecule has 0 atom stereocenters. The predicted molar refractivity (Wildman–Crippen MR) is 89.5 cm³/mol. The van der Waals surface area contributed by atoms with Crippen LogP contribution < -0.4 is 5.73 Å². The van der Waals surface area contributed by atoms with Crippen LogP contribution in [0.15, 0.2) is 0 Å². The van der Waals surface area contributed by atoms with E-state index >= 15 is 0 Å². The zero-order valence-electron chi connectivity index (χ0n) is 14.1. The van der Waals surface area contributed by atoms with Gasteiger partial charge in [-0.15, -0.1) is 0 Å². The molecule has 3 fully saturated rings. The minimum Gasteiger partial charge on any atom is -0.329 e. The first kappa shape index (κ1) is 15.8. The molecule has 0 unspecified atom stereocenters. The van der Waals surface area contributed by atoms with Gasteiger partial charge in [-0.3, -0.25) is 4.90 Å². The molecule has 21 heavy (non-hydrogen) atoms. The maximum absolute atomic E-state index is 6.25. The molecular weight excluding hydrogens is 258 g/mol. The Bertz CT molecular complexity index is 319. The van der Waals surface area contributed by atoms with E-state index < -0.39 is 0 Å². The first-order valence-corrected chi connectivity index (χ1v) is 9.32. The lowest BCUT2D eigenvalue weighted by Crippen LogP contribution is -2.56. The first-order chi connectivity index (χ1) is 10.2. The fourth-order valence-corrected chi connectivity index (χ4v) is 5.15. The van der Waals surface area contributed by atoms with E-state index in [2.05, 4.69) is 16.8 Å². The summed E-state index contributed by atoms with van der Waals surface area (Å²) in [7, 11) is 2.33. The Morgan fingerprint density at radius 2 is 1.52 bits per heavy atom. The van der Waals surface area contributed by atoms with Crippen molar-refractivity contribution in [1.29, 1.82) is 0 Å². The van der Waals surface area contributed by atoms with Crippen LogP contribution in [0, 0.1) is 5.41 Å². The quantitative estimate of drug-likeness (QED) is 0.846. The fraction of sp³-hybridized carbons (Fsp3) is 1.00. The molecule has 0 aromatic heterocycles. The third-order valence-corrected chi connectivity index (χ3v) is 7.05. The Morgan fingerprint density at radius 3 is 2.10 bits per heavy atom. The number of likely N-dealkylation sites (tertiary alicyclic amines) is 1. The predicted octanol–water partition coefficient (Wildman–Crippen LogP) is 2.85. The van der Waals surface area contributed by atoms with Crippen LogP contribution in [0.2, 0.25) is 0 Å². The molecule has 2 N–H and O–H groups in total. The van der Waals surface area contributed by atoms with Gasteiger partial charge in [0.15, 0.2) is 0 Å². The van der Waals surface area contributed by atoms with Gasteiger partial charge in [0, 0.05) is 25.2 Å². The molecule has 122 valence electrons. The van der Waals surface area contributed by atoms with Gasteiger partial charge in [-0.1, -0.05) is 12.8 Å². The normalized spacial score (nSPS) is 28.7. The van der Waals surface area contributed by atoms with Crippen LogP contribution in [-0.2, 0) is 0 Å². The molecule has 0 radical (unpaired) electrons. The smallest absolute Gasteiger partial charge is 0.0329 e. The van der Waals surface area contributed by atoms with Gasteiger partial charge in [0.25, 0.3) is 0 Å². The highest BCUT2D eigenvalue weighted by Crippen LogP contribution is 2.52. The van der Waals surface area contributed by atoms with Crippen LogP contribution in [0.1, 0.15) is 64.2 Å². The van der Waals surface area contributed by atoms with Crippen molar-refractivity contribution in [1.82, 2.24) is 9.80 Å². The third kappa shape index (κ3) is 3.30. The van der Waals surface area contributed by atoms with Crippen LogP contribution in [0.5, 0.6) is 0 Å². The maximum Gasteiger partial charge on any atom is 0.0329 e. The second-order valence-corrected chi connectivity index (χ2v) is 8.11. The van der Waals surface area contributed by atoms with Gasteiger partial charge in [-0.2, -0.15) is 0 Å². The van der Waals surface area contributed by atoms with E-state index in [1.165, 1.54) is 90.4 Å². The molecule has 2 aliphatic carbocycles. The molecule has 3 nitrogen and oxygen atoms in total. The summed E-state index contributed by atoms with van der Waals surface area (Å²) in [6, 6.07) is 0. The summed E-state index contributed by atoms with van der Waals surface area (Å²) in [5.74, 6) is 0. The molecule has 0 aromatic carbocycles. The SMILES string of the molecule is CN(CCN1CCCC1)C1(CN)CCC2(CCCC2)CC1. The van der Waals surface area contributed by atoms with Gasteiger partial charge < -0.3 is 10.6 Å². The Kier molecular flexibility index (Phi) is 4.92. The zero-order chi connectivity index (χ0) is 14.8. The number of hydrogen-bond donors (Lipinski definition) is 1. The molecule has 3 heteroatoms. The highest BCUT2D eigenvalue weighted by molar-refractivity contribution is 5.00. The van der Waals surface area contributed by atoms with E-state index in [0.717, 1.165) is 6.54 Å². The molecule has 1 spiro atoms. The highest BCUT2D eigenvalue weighted by Gasteiger charge is 2.44. The third-order valence-electron chi connectivity index (χ3n) is 7.05. The molecule has 3 rings (SSSR count). The Labute approximate surface area is 131 Å². The van der Waals surface area contributed by atoms with Crippen molar-refractivity contribution in [2.45, 2.75) is 69.7 Å². The number of rotatable bonds is 5. The first-order valence-electron chi connectivity index (χ1n) is 9.32. The van der Waals surface area contributed by atoms with E-state index in [1.54, 1.807) is 0 Å². The van der Waals surface area contributed by atoms with Crippen LogP contribution >= 0.6 is 0 Å². The monoisotopic (exact) mass is 293 g/mol. The van der Waals surface area contributed by atoms with Gasteiger partial charge in [-0.05, 0) is 76.9 Å². The van der Waals surface area contributed by atoms with E-state index in [4.69, 9.17) is 5.73 Å². The molecular formula is C18H35N3. The average molecular weight is 293 g/mol. The molecule has 1 saturated heterocycles. The summed E-state index contributed by atoms with van der Waals surface area (Å²) in [4.78, 5) is 5.25. The van der Waals surface area contributed by atoms with E-state index in [9.17, 15) is 0 Å². The van der Waals surface area contributed by atoms with Crippen LogP contribution in [0.4, 0.5) is 0 Å². The van der Waals surface area contributed by atoms with E-state index in [-0.39, 0.29) is 0 Å². The van der Waals surface area contributed by atoms with Crippen molar-refractivity contribution in [2.75, 3.05) is 39.8 Å². The Morgan fingerprint density at radius 1 is 0.905 bits per heavy atom. The zero-order valence-corrected chi connectivity index (χ0v) is 14.1.